The van der Waals surface area contributed by atoms with Crippen molar-refractivity contribution in [3.05, 3.63) is 53.6 Å². The molecule has 1 aliphatic carbocycles. The van der Waals surface area contributed by atoms with Crippen LogP contribution in [0.1, 0.15) is 39.2 Å². The van der Waals surface area contributed by atoms with E-state index in [0.717, 1.165) is 23.3 Å². The Balaban J connectivity index is 1.91. The third-order valence-corrected chi connectivity index (χ3v) is 3.96. The molecule has 0 aromatic heterocycles. The Labute approximate surface area is 142 Å². The van der Waals surface area contributed by atoms with Crippen molar-refractivity contribution in [3.8, 4) is 5.75 Å². The predicted molar refractivity (Wildman–Crippen MR) is 93.0 cm³/mol. The molecule has 24 heavy (non-hydrogen) atoms. The molecule has 1 N–H and O–H groups in total. The van der Waals surface area contributed by atoms with Crippen molar-refractivity contribution in [1.82, 2.24) is 0 Å². The average molecular weight is 328 g/mol. The number of aliphatic hydroxyl groups is 1. The molecule has 1 aromatic rings. The standard InChI is InChI=1S/C20H24O4/c1-14(21)4-5-16-6-9-18(10-7-16)24-15(2)12-17-8-11-19(22)20(3,23)13-17/h6-11,13,15,23H,4-5,12H2,1-3H3. The molecule has 2 atom stereocenters. The fraction of sp³-hybridized carbons (Fsp3) is 0.400. The molecular weight excluding hydrogens is 304 g/mol. The zero-order chi connectivity index (χ0) is 17.7. The SMILES string of the molecule is CC(=O)CCc1ccc(OC(C)CC2=CC(C)(O)C(=O)C=C2)cc1. The van der Waals surface area contributed by atoms with Crippen molar-refractivity contribution in [3.63, 3.8) is 0 Å². The Morgan fingerprint density at radius 1 is 1.25 bits per heavy atom. The number of hydrogen-bond acceptors (Lipinski definition) is 4. The maximum Gasteiger partial charge on any atom is 0.190 e. The second-order valence-electron chi connectivity index (χ2n) is 6.54. The van der Waals surface area contributed by atoms with Crippen LogP contribution in [0.15, 0.2) is 48.1 Å². The van der Waals surface area contributed by atoms with E-state index in [1.54, 1.807) is 19.1 Å². The normalized spacial score (nSPS) is 21.3. The lowest BCUT2D eigenvalue weighted by Crippen LogP contribution is -2.33. The highest BCUT2D eigenvalue weighted by molar-refractivity contribution is 5.99. The number of carbonyl (C=O) groups is 2. The predicted octanol–water partition coefficient (Wildman–Crippen LogP) is 3.18. The smallest absolute Gasteiger partial charge is 0.190 e. The summed E-state index contributed by atoms with van der Waals surface area (Å²) in [5.74, 6) is 0.644. The lowest BCUT2D eigenvalue weighted by Gasteiger charge is -2.22. The molecule has 0 bridgehead atoms. The molecular formula is C20H24O4. The molecule has 0 fully saturated rings. The number of allylic oxidation sites excluding steroid dienone is 1. The van der Waals surface area contributed by atoms with Gasteiger partial charge in [0.15, 0.2) is 5.78 Å². The molecule has 0 saturated carbocycles. The van der Waals surface area contributed by atoms with Crippen LogP contribution in [0.4, 0.5) is 0 Å². The van der Waals surface area contributed by atoms with Crippen molar-refractivity contribution in [2.45, 2.75) is 51.7 Å². The number of aryl methyl sites for hydroxylation is 1. The van der Waals surface area contributed by atoms with Crippen molar-refractivity contribution in [1.29, 1.82) is 0 Å². The lowest BCUT2D eigenvalue weighted by atomic mass is 9.90. The van der Waals surface area contributed by atoms with Crippen LogP contribution in [0.2, 0.25) is 0 Å². The first-order valence-electron chi connectivity index (χ1n) is 8.18. The molecule has 2 unspecified atom stereocenters. The summed E-state index contributed by atoms with van der Waals surface area (Å²) in [5.41, 5.74) is 0.560. The van der Waals surface area contributed by atoms with Gasteiger partial charge in [0, 0.05) is 12.8 Å². The van der Waals surface area contributed by atoms with E-state index in [-0.39, 0.29) is 17.7 Å². The molecule has 128 valence electrons. The van der Waals surface area contributed by atoms with Crippen LogP contribution in [0.25, 0.3) is 0 Å². The molecule has 0 radical (unpaired) electrons. The highest BCUT2D eigenvalue weighted by Crippen LogP contribution is 2.23. The van der Waals surface area contributed by atoms with Crippen LogP contribution in [0.5, 0.6) is 5.75 Å². The van der Waals surface area contributed by atoms with Gasteiger partial charge >= 0.3 is 0 Å². The van der Waals surface area contributed by atoms with E-state index in [1.165, 1.54) is 13.0 Å². The zero-order valence-corrected chi connectivity index (χ0v) is 14.4. The summed E-state index contributed by atoms with van der Waals surface area (Å²) in [6.45, 7) is 5.03. The van der Waals surface area contributed by atoms with Crippen molar-refractivity contribution in [2.75, 3.05) is 0 Å². The molecule has 0 heterocycles. The van der Waals surface area contributed by atoms with Crippen LogP contribution >= 0.6 is 0 Å². The van der Waals surface area contributed by atoms with Gasteiger partial charge in [0.25, 0.3) is 0 Å². The first kappa shape index (κ1) is 18.1. The minimum absolute atomic E-state index is 0.0898. The van der Waals surface area contributed by atoms with Gasteiger partial charge in [-0.1, -0.05) is 18.2 Å². The van der Waals surface area contributed by atoms with Crippen molar-refractivity contribution < 1.29 is 19.4 Å². The molecule has 4 heteroatoms. The minimum atomic E-state index is -1.43. The Hall–Kier alpha value is -2.20. The topological polar surface area (TPSA) is 63.6 Å². The number of ketones is 2. The van der Waals surface area contributed by atoms with E-state index in [2.05, 4.69) is 0 Å². The molecule has 1 aliphatic rings. The minimum Gasteiger partial charge on any atom is -0.490 e. The third-order valence-electron chi connectivity index (χ3n) is 3.96. The van der Waals surface area contributed by atoms with Gasteiger partial charge in [-0.15, -0.1) is 0 Å². The van der Waals surface area contributed by atoms with Crippen LogP contribution in [-0.4, -0.2) is 28.4 Å². The molecule has 0 amide bonds. The van der Waals surface area contributed by atoms with Gasteiger partial charge in [0.2, 0.25) is 0 Å². The lowest BCUT2D eigenvalue weighted by molar-refractivity contribution is -0.126. The first-order chi connectivity index (χ1) is 11.3. The summed E-state index contributed by atoms with van der Waals surface area (Å²) < 4.78 is 5.88. The molecule has 0 aliphatic heterocycles. The van der Waals surface area contributed by atoms with E-state index < -0.39 is 5.60 Å². The van der Waals surface area contributed by atoms with Crippen LogP contribution in [0.3, 0.4) is 0 Å². The highest BCUT2D eigenvalue weighted by atomic mass is 16.5. The Bertz CT molecular complexity index is 665. The summed E-state index contributed by atoms with van der Waals surface area (Å²) in [6.07, 6.45) is 6.53. The van der Waals surface area contributed by atoms with E-state index in [9.17, 15) is 14.7 Å². The first-order valence-corrected chi connectivity index (χ1v) is 8.18. The second kappa shape index (κ2) is 7.58. The largest absolute Gasteiger partial charge is 0.490 e. The quantitative estimate of drug-likeness (QED) is 0.835. The van der Waals surface area contributed by atoms with Gasteiger partial charge in [-0.3, -0.25) is 4.79 Å². The molecule has 0 spiro atoms. The van der Waals surface area contributed by atoms with Gasteiger partial charge < -0.3 is 14.6 Å². The second-order valence-corrected chi connectivity index (χ2v) is 6.54. The van der Waals surface area contributed by atoms with Gasteiger partial charge in [-0.05, 0) is 62.6 Å². The summed E-state index contributed by atoms with van der Waals surface area (Å²) in [7, 11) is 0. The average Bonchev–Trinajstić information content (AvgIpc) is 2.50. The maximum absolute atomic E-state index is 11.5. The third kappa shape index (κ3) is 5.17. The number of hydrogen-bond donors (Lipinski definition) is 1. The summed E-state index contributed by atoms with van der Waals surface area (Å²) in [5, 5.41) is 9.99. The van der Waals surface area contributed by atoms with Gasteiger partial charge in [0.05, 0.1) is 6.10 Å². The molecule has 2 rings (SSSR count). The summed E-state index contributed by atoms with van der Waals surface area (Å²) >= 11 is 0. The van der Waals surface area contributed by atoms with Crippen LogP contribution < -0.4 is 4.74 Å². The Morgan fingerprint density at radius 2 is 1.92 bits per heavy atom. The number of rotatable bonds is 7. The fourth-order valence-electron chi connectivity index (χ4n) is 2.62. The Morgan fingerprint density at radius 3 is 2.50 bits per heavy atom. The number of Topliss-reactive ketones (excluding diaryl/α,β-unsaturated/α-hetero) is 1. The van der Waals surface area contributed by atoms with Gasteiger partial charge in [-0.25, -0.2) is 0 Å². The van der Waals surface area contributed by atoms with E-state index >= 15 is 0 Å². The van der Waals surface area contributed by atoms with Crippen LogP contribution in [0, 0.1) is 0 Å². The van der Waals surface area contributed by atoms with Crippen molar-refractivity contribution >= 4 is 11.6 Å². The Kier molecular flexibility index (Phi) is 5.73. The highest BCUT2D eigenvalue weighted by Gasteiger charge is 2.28. The molecule has 1 aromatic carbocycles. The van der Waals surface area contributed by atoms with Crippen molar-refractivity contribution in [2.24, 2.45) is 0 Å². The zero-order valence-electron chi connectivity index (χ0n) is 14.4. The molecule has 4 nitrogen and oxygen atoms in total. The number of carbonyl (C=O) groups excluding carboxylic acids is 2. The van der Waals surface area contributed by atoms with E-state index in [0.29, 0.717) is 12.8 Å². The number of benzene rings is 1. The molecule has 0 saturated heterocycles. The van der Waals surface area contributed by atoms with E-state index in [1.807, 2.05) is 31.2 Å². The monoisotopic (exact) mass is 328 g/mol. The fourth-order valence-corrected chi connectivity index (χ4v) is 2.62. The van der Waals surface area contributed by atoms with Gasteiger partial charge in [-0.2, -0.15) is 0 Å². The maximum atomic E-state index is 11.5. The summed E-state index contributed by atoms with van der Waals surface area (Å²) in [4.78, 5) is 22.5. The van der Waals surface area contributed by atoms with Gasteiger partial charge in [0.1, 0.15) is 17.1 Å². The summed E-state index contributed by atoms with van der Waals surface area (Å²) in [6, 6.07) is 7.73. The number of ether oxygens (including phenoxy) is 1. The van der Waals surface area contributed by atoms with E-state index in [4.69, 9.17) is 4.74 Å². The van der Waals surface area contributed by atoms with Crippen LogP contribution in [-0.2, 0) is 16.0 Å².